The van der Waals surface area contributed by atoms with Crippen LogP contribution < -0.4 is 10.6 Å². The summed E-state index contributed by atoms with van der Waals surface area (Å²) in [4.78, 5) is 22.5. The van der Waals surface area contributed by atoms with E-state index in [4.69, 9.17) is 0 Å². The van der Waals surface area contributed by atoms with Gasteiger partial charge in [-0.3, -0.25) is 14.9 Å². The van der Waals surface area contributed by atoms with Crippen LogP contribution in [0.4, 0.5) is 5.69 Å². The van der Waals surface area contributed by atoms with Crippen LogP contribution in [0.25, 0.3) is 0 Å². The molecule has 1 unspecified atom stereocenters. The lowest BCUT2D eigenvalue weighted by atomic mass is 9.83. The maximum atomic E-state index is 12.2. The van der Waals surface area contributed by atoms with E-state index in [1.54, 1.807) is 13.0 Å². The van der Waals surface area contributed by atoms with Gasteiger partial charge in [0.25, 0.3) is 11.6 Å². The summed E-state index contributed by atoms with van der Waals surface area (Å²) < 4.78 is 0. The van der Waals surface area contributed by atoms with Crippen molar-refractivity contribution in [3.63, 3.8) is 0 Å². The SMILES string of the molecule is Cc1cc(C(=O)NCC2(C)CCCNC2)ccc1[N+](=O)[O-]. The third kappa shape index (κ3) is 3.78. The molecule has 1 aliphatic rings. The molecule has 2 rings (SSSR count). The summed E-state index contributed by atoms with van der Waals surface area (Å²) in [5.41, 5.74) is 1.07. The van der Waals surface area contributed by atoms with Gasteiger partial charge in [-0.2, -0.15) is 0 Å². The summed E-state index contributed by atoms with van der Waals surface area (Å²) in [6.07, 6.45) is 2.20. The van der Waals surface area contributed by atoms with E-state index >= 15 is 0 Å². The van der Waals surface area contributed by atoms with Crippen molar-refractivity contribution in [3.8, 4) is 0 Å². The van der Waals surface area contributed by atoms with Gasteiger partial charge in [0.2, 0.25) is 0 Å². The summed E-state index contributed by atoms with van der Waals surface area (Å²) >= 11 is 0. The van der Waals surface area contributed by atoms with Crippen LogP contribution in [0.5, 0.6) is 0 Å². The topological polar surface area (TPSA) is 84.3 Å². The molecule has 0 radical (unpaired) electrons. The Labute approximate surface area is 124 Å². The largest absolute Gasteiger partial charge is 0.351 e. The van der Waals surface area contributed by atoms with Crippen LogP contribution in [-0.2, 0) is 0 Å². The molecule has 6 nitrogen and oxygen atoms in total. The van der Waals surface area contributed by atoms with Crippen molar-refractivity contribution in [2.75, 3.05) is 19.6 Å². The van der Waals surface area contributed by atoms with E-state index in [9.17, 15) is 14.9 Å². The maximum Gasteiger partial charge on any atom is 0.272 e. The molecule has 1 aliphatic heterocycles. The third-order valence-corrected chi connectivity index (χ3v) is 4.02. The number of hydrogen-bond acceptors (Lipinski definition) is 4. The number of nitro benzene ring substituents is 1. The number of carbonyl (C=O) groups excluding carboxylic acids is 1. The summed E-state index contributed by atoms with van der Waals surface area (Å²) in [6, 6.07) is 4.45. The highest BCUT2D eigenvalue weighted by Crippen LogP contribution is 2.24. The van der Waals surface area contributed by atoms with E-state index in [2.05, 4.69) is 17.6 Å². The fourth-order valence-corrected chi connectivity index (χ4v) is 2.67. The minimum atomic E-state index is -0.439. The zero-order valence-corrected chi connectivity index (χ0v) is 12.4. The molecule has 114 valence electrons. The van der Waals surface area contributed by atoms with Crippen LogP contribution in [0.1, 0.15) is 35.7 Å². The average molecular weight is 291 g/mol. The van der Waals surface area contributed by atoms with E-state index in [0.29, 0.717) is 17.7 Å². The molecule has 0 spiro atoms. The fourth-order valence-electron chi connectivity index (χ4n) is 2.67. The molecule has 1 aromatic rings. The predicted octanol–water partition coefficient (Wildman–Crippen LogP) is 2.02. The summed E-state index contributed by atoms with van der Waals surface area (Å²) in [5, 5.41) is 17.1. The number of hydrogen-bond donors (Lipinski definition) is 2. The molecule has 0 aliphatic carbocycles. The molecular formula is C15H21N3O3. The Balaban J connectivity index is 2.00. The molecule has 2 N–H and O–H groups in total. The molecule has 1 fully saturated rings. The normalized spacial score (nSPS) is 21.8. The first kappa shape index (κ1) is 15.4. The van der Waals surface area contributed by atoms with Crippen molar-refractivity contribution < 1.29 is 9.72 Å². The Kier molecular flexibility index (Phi) is 4.57. The zero-order chi connectivity index (χ0) is 15.5. The summed E-state index contributed by atoms with van der Waals surface area (Å²) in [5.74, 6) is -0.181. The summed E-state index contributed by atoms with van der Waals surface area (Å²) in [6.45, 7) is 6.33. The number of rotatable bonds is 4. The Morgan fingerprint density at radius 3 is 2.86 bits per heavy atom. The van der Waals surface area contributed by atoms with Gasteiger partial charge in [-0.25, -0.2) is 0 Å². The van der Waals surface area contributed by atoms with Crippen molar-refractivity contribution in [1.82, 2.24) is 10.6 Å². The molecule has 1 amide bonds. The lowest BCUT2D eigenvalue weighted by Gasteiger charge is -2.34. The maximum absolute atomic E-state index is 12.2. The molecule has 21 heavy (non-hydrogen) atoms. The van der Waals surface area contributed by atoms with Crippen LogP contribution in [0.3, 0.4) is 0 Å². The van der Waals surface area contributed by atoms with Gasteiger partial charge in [-0.05, 0) is 43.9 Å². The first-order valence-corrected chi connectivity index (χ1v) is 7.15. The Morgan fingerprint density at radius 2 is 2.29 bits per heavy atom. The first-order valence-electron chi connectivity index (χ1n) is 7.15. The molecule has 1 atom stereocenters. The van der Waals surface area contributed by atoms with Gasteiger partial charge in [0.05, 0.1) is 4.92 Å². The van der Waals surface area contributed by atoms with Gasteiger partial charge >= 0.3 is 0 Å². The van der Waals surface area contributed by atoms with Crippen molar-refractivity contribution in [2.24, 2.45) is 5.41 Å². The molecule has 1 aromatic carbocycles. The van der Waals surface area contributed by atoms with Gasteiger partial charge in [0, 0.05) is 30.3 Å². The zero-order valence-electron chi connectivity index (χ0n) is 12.4. The number of nitrogens with zero attached hydrogens (tertiary/aromatic N) is 1. The van der Waals surface area contributed by atoms with Crippen molar-refractivity contribution in [1.29, 1.82) is 0 Å². The summed E-state index contributed by atoms with van der Waals surface area (Å²) in [7, 11) is 0. The molecule has 1 saturated heterocycles. The second-order valence-electron chi connectivity index (χ2n) is 6.03. The molecule has 1 heterocycles. The fraction of sp³-hybridized carbons (Fsp3) is 0.533. The quantitative estimate of drug-likeness (QED) is 0.656. The number of aryl methyl sites for hydroxylation is 1. The van der Waals surface area contributed by atoms with Crippen LogP contribution in [-0.4, -0.2) is 30.5 Å². The Morgan fingerprint density at radius 1 is 1.52 bits per heavy atom. The minimum Gasteiger partial charge on any atom is -0.351 e. The minimum absolute atomic E-state index is 0.0370. The number of carbonyl (C=O) groups is 1. The third-order valence-electron chi connectivity index (χ3n) is 4.02. The van der Waals surface area contributed by atoms with E-state index in [1.165, 1.54) is 12.1 Å². The highest BCUT2D eigenvalue weighted by Gasteiger charge is 2.27. The van der Waals surface area contributed by atoms with E-state index in [-0.39, 0.29) is 17.0 Å². The average Bonchev–Trinajstić information content (AvgIpc) is 2.45. The number of nitrogens with one attached hydrogen (secondary N) is 2. The van der Waals surface area contributed by atoms with Crippen molar-refractivity contribution in [2.45, 2.75) is 26.7 Å². The van der Waals surface area contributed by atoms with Gasteiger partial charge in [0.15, 0.2) is 0 Å². The Bertz CT molecular complexity index is 551. The number of benzene rings is 1. The Hall–Kier alpha value is -1.95. The second-order valence-corrected chi connectivity index (χ2v) is 6.03. The van der Waals surface area contributed by atoms with Crippen molar-refractivity contribution in [3.05, 3.63) is 39.4 Å². The van der Waals surface area contributed by atoms with E-state index < -0.39 is 4.92 Å². The van der Waals surface area contributed by atoms with Gasteiger partial charge < -0.3 is 10.6 Å². The smallest absolute Gasteiger partial charge is 0.272 e. The molecular weight excluding hydrogens is 270 g/mol. The molecule has 0 aromatic heterocycles. The molecule has 0 saturated carbocycles. The lowest BCUT2D eigenvalue weighted by Crippen LogP contribution is -2.45. The number of piperidine rings is 1. The van der Waals surface area contributed by atoms with E-state index in [0.717, 1.165) is 25.9 Å². The second kappa shape index (κ2) is 6.22. The molecule has 0 bridgehead atoms. The van der Waals surface area contributed by atoms with Crippen LogP contribution in [0, 0.1) is 22.5 Å². The van der Waals surface area contributed by atoms with Crippen LogP contribution in [0.15, 0.2) is 18.2 Å². The van der Waals surface area contributed by atoms with Crippen LogP contribution >= 0.6 is 0 Å². The monoisotopic (exact) mass is 291 g/mol. The predicted molar refractivity (Wildman–Crippen MR) is 80.4 cm³/mol. The lowest BCUT2D eigenvalue weighted by molar-refractivity contribution is -0.385. The number of nitro groups is 1. The van der Waals surface area contributed by atoms with Gasteiger partial charge in [-0.1, -0.05) is 6.92 Å². The van der Waals surface area contributed by atoms with Crippen LogP contribution in [0.2, 0.25) is 0 Å². The van der Waals surface area contributed by atoms with Crippen molar-refractivity contribution >= 4 is 11.6 Å². The highest BCUT2D eigenvalue weighted by atomic mass is 16.6. The first-order chi connectivity index (χ1) is 9.91. The van der Waals surface area contributed by atoms with E-state index in [1.807, 2.05) is 0 Å². The highest BCUT2D eigenvalue weighted by molar-refractivity contribution is 5.94. The van der Waals surface area contributed by atoms with Gasteiger partial charge in [-0.15, -0.1) is 0 Å². The van der Waals surface area contributed by atoms with Gasteiger partial charge in [0.1, 0.15) is 0 Å². The standard InChI is InChI=1S/C15H21N3O3/c1-11-8-12(4-5-13(11)18(20)21)14(19)17-10-15(2)6-3-7-16-9-15/h4-5,8,16H,3,6-7,9-10H2,1-2H3,(H,17,19). The number of amides is 1. The molecule has 6 heteroatoms.